The van der Waals surface area contributed by atoms with E-state index in [-0.39, 0.29) is 30.3 Å². The molecular formula is C31H43N3O5. The Balaban J connectivity index is 1.14. The van der Waals surface area contributed by atoms with Crippen LogP contribution in [-0.4, -0.2) is 90.1 Å². The van der Waals surface area contributed by atoms with E-state index in [1.54, 1.807) is 4.90 Å². The predicted octanol–water partition coefficient (Wildman–Crippen LogP) is 3.44. The SMILES string of the molecule is CCO[C@H]1CN(C(=O)C2(NC(=O)c3ccc(C4CCN(C5CCC5)CC4)cc3)CCCCC2)[C@@H]2C(=O)CO[C@H]12. The number of rotatable bonds is 7. The fourth-order valence-corrected chi connectivity index (χ4v) is 7.55. The molecule has 2 amide bonds. The van der Waals surface area contributed by atoms with E-state index < -0.39 is 17.7 Å². The first-order valence-corrected chi connectivity index (χ1v) is 15.2. The van der Waals surface area contributed by atoms with Crippen LogP contribution in [0.3, 0.4) is 0 Å². The monoisotopic (exact) mass is 537 g/mol. The second-order valence-electron chi connectivity index (χ2n) is 12.3. The summed E-state index contributed by atoms with van der Waals surface area (Å²) in [5.74, 6) is 0.0726. The summed E-state index contributed by atoms with van der Waals surface area (Å²) < 4.78 is 11.6. The number of carbonyl (C=O) groups excluding carboxylic acids is 3. The number of ketones is 1. The van der Waals surface area contributed by atoms with Gasteiger partial charge >= 0.3 is 0 Å². The number of benzene rings is 1. The number of hydrogen-bond acceptors (Lipinski definition) is 6. The first kappa shape index (κ1) is 26.9. The lowest BCUT2D eigenvalue weighted by Gasteiger charge is -2.42. The number of nitrogens with zero attached hydrogens (tertiary/aromatic N) is 2. The molecule has 1 aromatic carbocycles. The number of nitrogens with one attached hydrogen (secondary N) is 1. The van der Waals surface area contributed by atoms with E-state index in [2.05, 4.69) is 22.3 Å². The number of carbonyl (C=O) groups is 3. The smallest absolute Gasteiger partial charge is 0.252 e. The predicted molar refractivity (Wildman–Crippen MR) is 147 cm³/mol. The molecule has 0 aromatic heterocycles. The van der Waals surface area contributed by atoms with E-state index in [0.717, 1.165) is 38.4 Å². The number of hydrogen-bond donors (Lipinski definition) is 1. The Morgan fingerprint density at radius 1 is 1.03 bits per heavy atom. The molecule has 3 atom stereocenters. The molecule has 0 unspecified atom stereocenters. The summed E-state index contributed by atoms with van der Waals surface area (Å²) in [5.41, 5.74) is 0.875. The van der Waals surface area contributed by atoms with Gasteiger partial charge in [-0.3, -0.25) is 14.4 Å². The third-order valence-electron chi connectivity index (χ3n) is 10.0. The Bertz CT molecular complexity index is 1060. The van der Waals surface area contributed by atoms with Crippen LogP contribution in [0.15, 0.2) is 24.3 Å². The Morgan fingerprint density at radius 3 is 2.38 bits per heavy atom. The molecule has 0 spiro atoms. The molecule has 2 saturated carbocycles. The molecule has 3 heterocycles. The van der Waals surface area contributed by atoms with Crippen molar-refractivity contribution in [3.8, 4) is 0 Å². The van der Waals surface area contributed by atoms with Gasteiger partial charge in [0.15, 0.2) is 5.78 Å². The van der Waals surface area contributed by atoms with Crippen molar-refractivity contribution < 1.29 is 23.9 Å². The van der Waals surface area contributed by atoms with Crippen LogP contribution >= 0.6 is 0 Å². The highest BCUT2D eigenvalue weighted by molar-refractivity contribution is 6.01. The molecule has 8 nitrogen and oxygen atoms in total. The quantitative estimate of drug-likeness (QED) is 0.574. The highest BCUT2D eigenvalue weighted by Crippen LogP contribution is 2.37. The van der Waals surface area contributed by atoms with Crippen molar-refractivity contribution in [3.63, 3.8) is 0 Å². The van der Waals surface area contributed by atoms with Gasteiger partial charge in [0.05, 0.1) is 6.54 Å². The van der Waals surface area contributed by atoms with Gasteiger partial charge in [-0.2, -0.15) is 0 Å². The van der Waals surface area contributed by atoms with Crippen LogP contribution in [0, 0.1) is 0 Å². The first-order chi connectivity index (χ1) is 19.0. The summed E-state index contributed by atoms with van der Waals surface area (Å²) in [7, 11) is 0. The lowest BCUT2D eigenvalue weighted by molar-refractivity contribution is -0.143. The minimum atomic E-state index is -1.00. The number of piperidine rings is 1. The molecule has 212 valence electrons. The molecule has 2 aliphatic carbocycles. The van der Waals surface area contributed by atoms with Gasteiger partial charge in [0.2, 0.25) is 5.91 Å². The van der Waals surface area contributed by atoms with Crippen molar-refractivity contribution in [3.05, 3.63) is 35.4 Å². The van der Waals surface area contributed by atoms with Gasteiger partial charge in [-0.05, 0) is 82.2 Å². The van der Waals surface area contributed by atoms with E-state index in [1.807, 2.05) is 19.1 Å². The fraction of sp³-hybridized carbons (Fsp3) is 0.710. The zero-order valence-electron chi connectivity index (χ0n) is 23.2. The number of amides is 2. The molecule has 5 fully saturated rings. The molecule has 1 aromatic rings. The van der Waals surface area contributed by atoms with Gasteiger partial charge in [0.25, 0.3) is 5.91 Å². The highest BCUT2D eigenvalue weighted by Gasteiger charge is 2.56. The number of ether oxygens (including phenoxy) is 2. The van der Waals surface area contributed by atoms with Crippen molar-refractivity contribution >= 4 is 17.6 Å². The summed E-state index contributed by atoms with van der Waals surface area (Å²) in [4.78, 5) is 44.7. The molecule has 1 N–H and O–H groups in total. The average Bonchev–Trinajstić information content (AvgIpc) is 3.49. The maximum atomic E-state index is 14.1. The number of fused-ring (bicyclic) bond motifs is 1. The normalized spacial score (nSPS) is 29.7. The maximum Gasteiger partial charge on any atom is 0.252 e. The van der Waals surface area contributed by atoms with Gasteiger partial charge in [-0.25, -0.2) is 0 Å². The minimum Gasteiger partial charge on any atom is -0.374 e. The first-order valence-electron chi connectivity index (χ1n) is 15.2. The largest absolute Gasteiger partial charge is 0.374 e. The fourth-order valence-electron chi connectivity index (χ4n) is 7.55. The van der Waals surface area contributed by atoms with E-state index in [0.29, 0.717) is 37.5 Å². The van der Waals surface area contributed by atoms with Gasteiger partial charge in [-0.15, -0.1) is 0 Å². The van der Waals surface area contributed by atoms with Crippen LogP contribution in [0.5, 0.6) is 0 Å². The van der Waals surface area contributed by atoms with Crippen LogP contribution < -0.4 is 5.32 Å². The van der Waals surface area contributed by atoms with E-state index >= 15 is 0 Å². The Hall–Kier alpha value is -2.29. The van der Waals surface area contributed by atoms with Crippen LogP contribution in [-0.2, 0) is 19.1 Å². The second-order valence-corrected chi connectivity index (χ2v) is 12.3. The Morgan fingerprint density at radius 2 is 1.74 bits per heavy atom. The third kappa shape index (κ3) is 5.16. The maximum absolute atomic E-state index is 14.1. The zero-order valence-corrected chi connectivity index (χ0v) is 23.2. The molecular weight excluding hydrogens is 494 g/mol. The van der Waals surface area contributed by atoms with Crippen molar-refractivity contribution in [2.75, 3.05) is 32.8 Å². The van der Waals surface area contributed by atoms with Gasteiger partial charge in [-0.1, -0.05) is 37.8 Å². The van der Waals surface area contributed by atoms with E-state index in [9.17, 15) is 14.4 Å². The third-order valence-corrected chi connectivity index (χ3v) is 10.0. The molecule has 8 heteroatoms. The number of Topliss-reactive ketones (excluding diaryl/α,β-unsaturated/α-hetero) is 1. The van der Waals surface area contributed by atoms with Crippen molar-refractivity contribution in [1.82, 2.24) is 15.1 Å². The summed E-state index contributed by atoms with van der Waals surface area (Å²) in [5, 5.41) is 3.17. The molecule has 39 heavy (non-hydrogen) atoms. The lowest BCUT2D eigenvalue weighted by atomic mass is 9.80. The Kier molecular flexibility index (Phi) is 7.79. The van der Waals surface area contributed by atoms with Crippen LogP contribution in [0.2, 0.25) is 0 Å². The lowest BCUT2D eigenvalue weighted by Crippen LogP contribution is -2.62. The van der Waals surface area contributed by atoms with Crippen LogP contribution in [0.4, 0.5) is 0 Å². The van der Waals surface area contributed by atoms with E-state index in [4.69, 9.17) is 9.47 Å². The summed E-state index contributed by atoms with van der Waals surface area (Å²) in [6.07, 6.45) is 9.61. The molecule has 5 aliphatic rings. The summed E-state index contributed by atoms with van der Waals surface area (Å²) >= 11 is 0. The standard InChI is InChI=1S/C31H43N3O5/c1-2-38-26-19-34(27-25(35)20-39-28(26)27)30(37)31(15-4-3-5-16-31)32-29(36)23-11-9-21(10-12-23)22-13-17-33(18-14-22)24-7-6-8-24/h9-12,22,24,26-28H,2-8,13-20H2,1H3,(H,32,36)/t26-,27+,28+/m0/s1. The van der Waals surface area contributed by atoms with E-state index in [1.165, 1.54) is 37.7 Å². The van der Waals surface area contributed by atoms with Gasteiger partial charge < -0.3 is 24.6 Å². The zero-order chi connectivity index (χ0) is 27.0. The van der Waals surface area contributed by atoms with Crippen molar-refractivity contribution in [2.24, 2.45) is 0 Å². The molecule has 3 aliphatic heterocycles. The average molecular weight is 538 g/mol. The second kappa shape index (κ2) is 11.3. The van der Waals surface area contributed by atoms with Crippen LogP contribution in [0.1, 0.15) is 93.0 Å². The molecule has 3 saturated heterocycles. The summed E-state index contributed by atoms with van der Waals surface area (Å²) in [6.45, 7) is 5.05. The highest BCUT2D eigenvalue weighted by atomic mass is 16.6. The number of likely N-dealkylation sites (tertiary alicyclic amines) is 2. The van der Waals surface area contributed by atoms with Crippen molar-refractivity contribution in [2.45, 2.75) is 107 Å². The topological polar surface area (TPSA) is 88.2 Å². The summed E-state index contributed by atoms with van der Waals surface area (Å²) in [6, 6.07) is 8.20. The van der Waals surface area contributed by atoms with Gasteiger partial charge in [0.1, 0.15) is 30.4 Å². The van der Waals surface area contributed by atoms with Crippen molar-refractivity contribution in [1.29, 1.82) is 0 Å². The molecule has 0 bridgehead atoms. The van der Waals surface area contributed by atoms with Gasteiger partial charge in [0, 0.05) is 18.2 Å². The molecule has 0 radical (unpaired) electrons. The van der Waals surface area contributed by atoms with Crippen LogP contribution in [0.25, 0.3) is 0 Å². The Labute approximate surface area is 231 Å². The minimum absolute atomic E-state index is 0.00794. The molecule has 6 rings (SSSR count).